The Hall–Kier alpha value is -1.56. The standard InChI is InChI=1S/C19H30N2O3S/c1-15(2)25(23,24)16(3)19(22)20(4)14-17-8-10-18(11-9-17)21-12-6-5-7-13-21/h8-11,15-16H,5-7,12-14H2,1-4H3. The van der Waals surface area contributed by atoms with Gasteiger partial charge in [0.1, 0.15) is 5.25 Å². The van der Waals surface area contributed by atoms with Crippen LogP contribution in [0.2, 0.25) is 0 Å². The second-order valence-electron chi connectivity index (χ2n) is 7.19. The van der Waals surface area contributed by atoms with Crippen LogP contribution in [0.5, 0.6) is 0 Å². The molecular weight excluding hydrogens is 336 g/mol. The van der Waals surface area contributed by atoms with Crippen LogP contribution < -0.4 is 4.90 Å². The Morgan fingerprint density at radius 1 is 1.08 bits per heavy atom. The van der Waals surface area contributed by atoms with Crippen molar-refractivity contribution in [3.63, 3.8) is 0 Å². The molecule has 1 aliphatic heterocycles. The van der Waals surface area contributed by atoms with Crippen molar-refractivity contribution < 1.29 is 13.2 Å². The summed E-state index contributed by atoms with van der Waals surface area (Å²) in [5.74, 6) is -0.353. The maximum absolute atomic E-state index is 12.5. The number of hydrogen-bond donors (Lipinski definition) is 0. The fraction of sp³-hybridized carbons (Fsp3) is 0.632. The average Bonchev–Trinajstić information content (AvgIpc) is 2.61. The van der Waals surface area contributed by atoms with Crippen molar-refractivity contribution in [3.05, 3.63) is 29.8 Å². The van der Waals surface area contributed by atoms with Crippen LogP contribution in [-0.2, 0) is 21.2 Å². The van der Waals surface area contributed by atoms with Crippen LogP contribution in [-0.4, -0.2) is 49.9 Å². The molecule has 0 aromatic heterocycles. The lowest BCUT2D eigenvalue weighted by molar-refractivity contribution is -0.129. The molecule has 1 aromatic rings. The molecule has 0 radical (unpaired) electrons. The summed E-state index contributed by atoms with van der Waals surface area (Å²) in [6.07, 6.45) is 3.78. The molecule has 1 atom stereocenters. The SMILES string of the molecule is CC(C)S(=O)(=O)C(C)C(=O)N(C)Cc1ccc(N2CCCCC2)cc1. The summed E-state index contributed by atoms with van der Waals surface area (Å²) < 4.78 is 24.4. The molecule has 0 spiro atoms. The number of rotatable bonds is 6. The molecular formula is C19H30N2O3S. The number of carbonyl (C=O) groups excluding carboxylic acids is 1. The lowest BCUT2D eigenvalue weighted by Gasteiger charge is -2.29. The van der Waals surface area contributed by atoms with Crippen LogP contribution in [0.3, 0.4) is 0 Å². The van der Waals surface area contributed by atoms with E-state index in [4.69, 9.17) is 0 Å². The summed E-state index contributed by atoms with van der Waals surface area (Å²) in [7, 11) is -1.77. The van der Waals surface area contributed by atoms with Crippen molar-refractivity contribution in [2.24, 2.45) is 0 Å². The maximum atomic E-state index is 12.5. The van der Waals surface area contributed by atoms with E-state index in [2.05, 4.69) is 17.0 Å². The highest BCUT2D eigenvalue weighted by Crippen LogP contribution is 2.21. The predicted octanol–water partition coefficient (Wildman–Crippen LogP) is 2.85. The van der Waals surface area contributed by atoms with Crippen molar-refractivity contribution in [1.29, 1.82) is 0 Å². The van der Waals surface area contributed by atoms with E-state index in [1.54, 1.807) is 20.9 Å². The van der Waals surface area contributed by atoms with E-state index in [0.717, 1.165) is 18.7 Å². The van der Waals surface area contributed by atoms with Crippen molar-refractivity contribution >= 4 is 21.4 Å². The third kappa shape index (κ3) is 4.75. The van der Waals surface area contributed by atoms with Crippen LogP contribution in [0.4, 0.5) is 5.69 Å². The van der Waals surface area contributed by atoms with Crippen LogP contribution >= 0.6 is 0 Å². The van der Waals surface area contributed by atoms with Crippen molar-refractivity contribution in [3.8, 4) is 0 Å². The smallest absolute Gasteiger partial charge is 0.240 e. The highest BCUT2D eigenvalue weighted by Gasteiger charge is 2.32. The maximum Gasteiger partial charge on any atom is 0.240 e. The Kier molecular flexibility index (Phi) is 6.49. The molecule has 2 rings (SSSR count). The van der Waals surface area contributed by atoms with E-state index in [1.807, 2.05) is 12.1 Å². The number of piperidine rings is 1. The van der Waals surface area contributed by atoms with Gasteiger partial charge in [-0.15, -0.1) is 0 Å². The minimum atomic E-state index is -3.43. The van der Waals surface area contributed by atoms with Crippen molar-refractivity contribution in [2.75, 3.05) is 25.0 Å². The summed E-state index contributed by atoms with van der Waals surface area (Å²) in [6, 6.07) is 8.23. The Morgan fingerprint density at radius 3 is 2.16 bits per heavy atom. The molecule has 0 aliphatic carbocycles. The molecule has 1 fully saturated rings. The van der Waals surface area contributed by atoms with Crippen LogP contribution in [0.25, 0.3) is 0 Å². The first-order chi connectivity index (χ1) is 11.7. The lowest BCUT2D eigenvalue weighted by atomic mass is 10.1. The Labute approximate surface area is 151 Å². The first kappa shape index (κ1) is 19.8. The Balaban J connectivity index is 2.00. The minimum Gasteiger partial charge on any atom is -0.372 e. The lowest BCUT2D eigenvalue weighted by Crippen LogP contribution is -2.41. The van der Waals surface area contributed by atoms with Gasteiger partial charge in [0.05, 0.1) is 5.25 Å². The zero-order valence-electron chi connectivity index (χ0n) is 15.7. The average molecular weight is 367 g/mol. The van der Waals surface area contributed by atoms with Gasteiger partial charge in [-0.2, -0.15) is 0 Å². The van der Waals surface area contributed by atoms with E-state index >= 15 is 0 Å². The van der Waals surface area contributed by atoms with Crippen molar-refractivity contribution in [2.45, 2.75) is 57.1 Å². The number of nitrogens with zero attached hydrogens (tertiary/aromatic N) is 2. The molecule has 1 unspecified atom stereocenters. The second kappa shape index (κ2) is 8.21. The molecule has 0 bridgehead atoms. The second-order valence-corrected chi connectivity index (χ2v) is 10.0. The first-order valence-electron chi connectivity index (χ1n) is 9.05. The van der Waals surface area contributed by atoms with Gasteiger partial charge in [0.2, 0.25) is 5.91 Å². The van der Waals surface area contributed by atoms with E-state index in [1.165, 1.54) is 36.8 Å². The zero-order valence-corrected chi connectivity index (χ0v) is 16.6. The minimum absolute atomic E-state index is 0.353. The zero-order chi connectivity index (χ0) is 18.6. The van der Waals surface area contributed by atoms with E-state index in [-0.39, 0.29) is 5.91 Å². The monoisotopic (exact) mass is 366 g/mol. The number of amides is 1. The van der Waals surface area contributed by atoms with Crippen molar-refractivity contribution in [1.82, 2.24) is 4.90 Å². The van der Waals surface area contributed by atoms with E-state index in [9.17, 15) is 13.2 Å². The fourth-order valence-corrected chi connectivity index (χ4v) is 4.45. The van der Waals surface area contributed by atoms with Crippen LogP contribution in [0, 0.1) is 0 Å². The number of sulfone groups is 1. The van der Waals surface area contributed by atoms with Gasteiger partial charge in [0, 0.05) is 32.4 Å². The highest BCUT2D eigenvalue weighted by molar-refractivity contribution is 7.93. The molecule has 6 heteroatoms. The third-order valence-corrected chi connectivity index (χ3v) is 7.45. The Morgan fingerprint density at radius 2 is 1.64 bits per heavy atom. The Bertz CT molecular complexity index is 677. The first-order valence-corrected chi connectivity index (χ1v) is 10.7. The van der Waals surface area contributed by atoms with Gasteiger partial charge >= 0.3 is 0 Å². The molecule has 1 aromatic carbocycles. The molecule has 1 amide bonds. The molecule has 5 nitrogen and oxygen atoms in total. The van der Waals surface area contributed by atoms with Gasteiger partial charge in [0.25, 0.3) is 0 Å². The van der Waals surface area contributed by atoms with Crippen LogP contribution in [0.1, 0.15) is 45.6 Å². The fourth-order valence-electron chi connectivity index (χ4n) is 3.18. The van der Waals surface area contributed by atoms with Crippen LogP contribution in [0.15, 0.2) is 24.3 Å². The number of benzene rings is 1. The summed E-state index contributed by atoms with van der Waals surface area (Å²) in [6.45, 7) is 7.31. The molecule has 1 heterocycles. The quantitative estimate of drug-likeness (QED) is 0.777. The topological polar surface area (TPSA) is 57.7 Å². The van der Waals surface area contributed by atoms with E-state index < -0.39 is 20.3 Å². The van der Waals surface area contributed by atoms with Gasteiger partial charge in [-0.3, -0.25) is 4.79 Å². The molecule has 1 saturated heterocycles. The van der Waals surface area contributed by atoms with Gasteiger partial charge in [0.15, 0.2) is 9.84 Å². The summed E-state index contributed by atoms with van der Waals surface area (Å²) >= 11 is 0. The van der Waals surface area contributed by atoms with E-state index in [0.29, 0.717) is 6.54 Å². The highest BCUT2D eigenvalue weighted by atomic mass is 32.2. The molecule has 25 heavy (non-hydrogen) atoms. The normalized spacial score (nSPS) is 16.8. The van der Waals surface area contributed by atoms with Gasteiger partial charge in [-0.05, 0) is 57.7 Å². The number of carbonyl (C=O) groups is 1. The summed E-state index contributed by atoms with van der Waals surface area (Å²) in [4.78, 5) is 16.3. The van der Waals surface area contributed by atoms with Gasteiger partial charge < -0.3 is 9.80 Å². The van der Waals surface area contributed by atoms with Gasteiger partial charge in [-0.25, -0.2) is 8.42 Å². The third-order valence-electron chi connectivity index (χ3n) is 4.95. The number of hydrogen-bond acceptors (Lipinski definition) is 4. The summed E-state index contributed by atoms with van der Waals surface area (Å²) in [5, 5.41) is -1.56. The predicted molar refractivity (Wildman–Crippen MR) is 102 cm³/mol. The molecule has 0 saturated carbocycles. The largest absolute Gasteiger partial charge is 0.372 e. The molecule has 140 valence electrons. The molecule has 0 N–H and O–H groups in total. The summed E-state index contributed by atoms with van der Waals surface area (Å²) in [5.41, 5.74) is 2.22. The molecule has 1 aliphatic rings. The van der Waals surface area contributed by atoms with Gasteiger partial charge in [-0.1, -0.05) is 12.1 Å². The number of anilines is 1.